The second kappa shape index (κ2) is 3.94. The number of rotatable bonds is 2. The van der Waals surface area contributed by atoms with Crippen molar-refractivity contribution >= 4 is 10.0 Å². The molecule has 2 unspecified atom stereocenters. The Balaban J connectivity index is 2.61. The first-order valence-corrected chi connectivity index (χ1v) is 6.45. The van der Waals surface area contributed by atoms with Gasteiger partial charge in [-0.1, -0.05) is 6.92 Å². The molecule has 78 valence electrons. The zero-order valence-electron chi connectivity index (χ0n) is 8.23. The highest BCUT2D eigenvalue weighted by atomic mass is 32.2. The van der Waals surface area contributed by atoms with Gasteiger partial charge in [0.05, 0.1) is 6.26 Å². The van der Waals surface area contributed by atoms with Gasteiger partial charge in [-0.05, 0) is 24.8 Å². The number of piperidine rings is 1. The van der Waals surface area contributed by atoms with Crippen LogP contribution < -0.4 is 5.73 Å². The van der Waals surface area contributed by atoms with Crippen molar-refractivity contribution in [3.8, 4) is 0 Å². The largest absolute Gasteiger partial charge is 0.330 e. The van der Waals surface area contributed by atoms with Crippen LogP contribution in [0.2, 0.25) is 0 Å². The normalized spacial score (nSPS) is 31.9. The first-order chi connectivity index (χ1) is 5.95. The lowest BCUT2D eigenvalue weighted by Crippen LogP contribution is -2.44. The van der Waals surface area contributed by atoms with Crippen molar-refractivity contribution in [2.75, 3.05) is 25.9 Å². The molecule has 1 saturated heterocycles. The van der Waals surface area contributed by atoms with Crippen molar-refractivity contribution in [1.82, 2.24) is 4.31 Å². The van der Waals surface area contributed by atoms with Crippen molar-refractivity contribution in [3.63, 3.8) is 0 Å². The van der Waals surface area contributed by atoms with Crippen LogP contribution in [0.3, 0.4) is 0 Å². The Hall–Kier alpha value is -0.130. The average molecular weight is 206 g/mol. The smallest absolute Gasteiger partial charge is 0.211 e. The van der Waals surface area contributed by atoms with Gasteiger partial charge in [0.25, 0.3) is 0 Å². The monoisotopic (exact) mass is 206 g/mol. The maximum Gasteiger partial charge on any atom is 0.211 e. The molecule has 0 radical (unpaired) electrons. The van der Waals surface area contributed by atoms with Crippen molar-refractivity contribution in [2.45, 2.75) is 13.3 Å². The summed E-state index contributed by atoms with van der Waals surface area (Å²) in [7, 11) is -3.00. The SMILES string of the molecule is CC1CN(S(C)(=O)=O)CCC1CN. The maximum atomic E-state index is 11.2. The lowest BCUT2D eigenvalue weighted by molar-refractivity contribution is 0.204. The Morgan fingerprint density at radius 1 is 1.54 bits per heavy atom. The van der Waals surface area contributed by atoms with Crippen LogP contribution >= 0.6 is 0 Å². The molecule has 1 fully saturated rings. The summed E-state index contributed by atoms with van der Waals surface area (Å²) in [6.07, 6.45) is 2.16. The van der Waals surface area contributed by atoms with Crippen LogP contribution in [0.4, 0.5) is 0 Å². The molecule has 1 aliphatic heterocycles. The summed E-state index contributed by atoms with van der Waals surface area (Å²) in [6, 6.07) is 0. The molecule has 0 aromatic heterocycles. The van der Waals surface area contributed by atoms with E-state index in [1.807, 2.05) is 0 Å². The Morgan fingerprint density at radius 3 is 2.54 bits per heavy atom. The fourth-order valence-electron chi connectivity index (χ4n) is 1.81. The summed E-state index contributed by atoms with van der Waals surface area (Å²) in [6.45, 7) is 3.99. The highest BCUT2D eigenvalue weighted by Crippen LogP contribution is 2.23. The van der Waals surface area contributed by atoms with E-state index in [9.17, 15) is 8.42 Å². The lowest BCUT2D eigenvalue weighted by atomic mass is 9.88. The fraction of sp³-hybridized carbons (Fsp3) is 1.00. The molecule has 1 heterocycles. The Morgan fingerprint density at radius 2 is 2.15 bits per heavy atom. The predicted octanol–water partition coefficient (Wildman–Crippen LogP) is -0.137. The van der Waals surface area contributed by atoms with Gasteiger partial charge in [-0.2, -0.15) is 0 Å². The minimum Gasteiger partial charge on any atom is -0.330 e. The Labute approximate surface area is 80.1 Å². The van der Waals surface area contributed by atoms with Crippen molar-refractivity contribution in [1.29, 1.82) is 0 Å². The summed E-state index contributed by atoms with van der Waals surface area (Å²) in [5, 5.41) is 0. The molecule has 13 heavy (non-hydrogen) atoms. The first-order valence-electron chi connectivity index (χ1n) is 4.60. The van der Waals surface area contributed by atoms with E-state index in [-0.39, 0.29) is 0 Å². The molecule has 1 rings (SSSR count). The van der Waals surface area contributed by atoms with Gasteiger partial charge in [0.2, 0.25) is 10.0 Å². The summed E-state index contributed by atoms with van der Waals surface area (Å²) in [5.41, 5.74) is 5.58. The molecule has 2 N–H and O–H groups in total. The second-order valence-corrected chi connectivity index (χ2v) is 5.87. The number of hydrogen-bond donors (Lipinski definition) is 1. The van der Waals surface area contributed by atoms with E-state index in [4.69, 9.17) is 5.73 Å². The van der Waals surface area contributed by atoms with Crippen LogP contribution in [0.5, 0.6) is 0 Å². The third kappa shape index (κ3) is 2.65. The average Bonchev–Trinajstić information content (AvgIpc) is 2.02. The molecule has 5 heteroatoms. The van der Waals surface area contributed by atoms with Crippen LogP contribution in [0.25, 0.3) is 0 Å². The van der Waals surface area contributed by atoms with Crippen molar-refractivity contribution < 1.29 is 8.42 Å². The van der Waals surface area contributed by atoms with E-state index >= 15 is 0 Å². The predicted molar refractivity (Wildman–Crippen MR) is 52.7 cm³/mol. The molecule has 0 amide bonds. The van der Waals surface area contributed by atoms with Crippen LogP contribution in [0.1, 0.15) is 13.3 Å². The first kappa shape index (κ1) is 10.9. The summed E-state index contributed by atoms with van der Waals surface area (Å²) in [5.74, 6) is 0.867. The van der Waals surface area contributed by atoms with E-state index in [0.717, 1.165) is 6.42 Å². The van der Waals surface area contributed by atoms with Gasteiger partial charge in [0, 0.05) is 13.1 Å². The number of hydrogen-bond acceptors (Lipinski definition) is 3. The third-order valence-corrected chi connectivity index (χ3v) is 4.09. The number of nitrogens with zero attached hydrogens (tertiary/aromatic N) is 1. The topological polar surface area (TPSA) is 63.4 Å². The Bertz CT molecular complexity index is 263. The molecule has 0 aromatic carbocycles. The highest BCUT2D eigenvalue weighted by molar-refractivity contribution is 7.88. The molecule has 0 spiro atoms. The van der Waals surface area contributed by atoms with E-state index in [1.54, 1.807) is 4.31 Å². The zero-order valence-corrected chi connectivity index (χ0v) is 9.05. The van der Waals surface area contributed by atoms with Crippen LogP contribution in [-0.4, -0.2) is 38.6 Å². The molecular weight excluding hydrogens is 188 g/mol. The van der Waals surface area contributed by atoms with E-state index < -0.39 is 10.0 Å². The minimum atomic E-state index is -3.00. The van der Waals surface area contributed by atoms with Gasteiger partial charge in [0.15, 0.2) is 0 Å². The van der Waals surface area contributed by atoms with Gasteiger partial charge < -0.3 is 5.73 Å². The second-order valence-electron chi connectivity index (χ2n) is 3.88. The van der Waals surface area contributed by atoms with Crippen LogP contribution in [0.15, 0.2) is 0 Å². The lowest BCUT2D eigenvalue weighted by Gasteiger charge is -2.34. The van der Waals surface area contributed by atoms with Crippen LogP contribution in [-0.2, 0) is 10.0 Å². The number of sulfonamides is 1. The van der Waals surface area contributed by atoms with Crippen molar-refractivity contribution in [2.24, 2.45) is 17.6 Å². The molecule has 0 aromatic rings. The Kier molecular flexibility index (Phi) is 3.32. The minimum absolute atomic E-state index is 0.383. The van der Waals surface area contributed by atoms with Gasteiger partial charge in [-0.3, -0.25) is 0 Å². The summed E-state index contributed by atoms with van der Waals surface area (Å²) >= 11 is 0. The van der Waals surface area contributed by atoms with E-state index in [1.165, 1.54) is 6.26 Å². The molecule has 4 nitrogen and oxygen atoms in total. The summed E-state index contributed by atoms with van der Waals surface area (Å²) < 4.78 is 24.0. The van der Waals surface area contributed by atoms with Crippen molar-refractivity contribution in [3.05, 3.63) is 0 Å². The van der Waals surface area contributed by atoms with E-state index in [2.05, 4.69) is 6.92 Å². The quantitative estimate of drug-likeness (QED) is 0.684. The molecule has 0 saturated carbocycles. The summed E-state index contributed by atoms with van der Waals surface area (Å²) in [4.78, 5) is 0. The maximum absolute atomic E-state index is 11.2. The van der Waals surface area contributed by atoms with Gasteiger partial charge in [0.1, 0.15) is 0 Å². The van der Waals surface area contributed by atoms with Gasteiger partial charge in [-0.25, -0.2) is 12.7 Å². The highest BCUT2D eigenvalue weighted by Gasteiger charge is 2.29. The molecule has 1 aliphatic rings. The standard InChI is InChI=1S/C8H18N2O2S/c1-7-6-10(13(2,11)12)4-3-8(7)5-9/h7-8H,3-6,9H2,1-2H3. The fourth-order valence-corrected chi connectivity index (χ4v) is 2.75. The molecular formula is C8H18N2O2S. The van der Waals surface area contributed by atoms with E-state index in [0.29, 0.717) is 31.5 Å². The zero-order chi connectivity index (χ0) is 10.1. The number of nitrogens with two attached hydrogens (primary N) is 1. The van der Waals surface area contributed by atoms with Gasteiger partial charge in [-0.15, -0.1) is 0 Å². The third-order valence-electron chi connectivity index (χ3n) is 2.82. The molecule has 0 bridgehead atoms. The van der Waals surface area contributed by atoms with Crippen LogP contribution in [0, 0.1) is 11.8 Å². The van der Waals surface area contributed by atoms with Gasteiger partial charge >= 0.3 is 0 Å². The molecule has 2 atom stereocenters. The molecule has 0 aliphatic carbocycles.